The molecule has 2 saturated heterocycles. The Morgan fingerprint density at radius 3 is 0.553 bits per heavy atom. The van der Waals surface area contributed by atoms with E-state index >= 15 is 0 Å². The van der Waals surface area contributed by atoms with Crippen LogP contribution in [0.25, 0.3) is 24.3 Å². The van der Waals surface area contributed by atoms with Crippen molar-refractivity contribution >= 4 is 24.3 Å². The molecule has 0 aromatic heterocycles. The highest BCUT2D eigenvalue weighted by atomic mass is 16.6. The molecule has 0 saturated carbocycles. The van der Waals surface area contributed by atoms with E-state index in [2.05, 4.69) is 306 Å². The van der Waals surface area contributed by atoms with Gasteiger partial charge in [-0.25, -0.2) is 0 Å². The Labute approximate surface area is 680 Å². The van der Waals surface area contributed by atoms with Gasteiger partial charge in [0.1, 0.15) is 49.4 Å². The summed E-state index contributed by atoms with van der Waals surface area (Å²) in [4.78, 5) is 21.0. The van der Waals surface area contributed by atoms with Gasteiger partial charge in [-0.05, 0) is 93.0 Å². The number of benzene rings is 8. The topological polar surface area (TPSA) is 118 Å². The number of hydrogen-bond acceptors (Lipinski definition) is 18. The normalized spacial score (nSPS) is 21.1. The van der Waals surface area contributed by atoms with Gasteiger partial charge >= 0.3 is 0 Å². The molecular formula is C96H124N8O10. The van der Waals surface area contributed by atoms with Crippen molar-refractivity contribution in [1.29, 1.82) is 0 Å². The number of rotatable bonds is 12. The molecule has 18 nitrogen and oxygen atoms in total. The van der Waals surface area contributed by atoms with Crippen LogP contribution in [0.4, 0.5) is 0 Å². The van der Waals surface area contributed by atoms with Crippen LogP contribution >= 0.6 is 0 Å². The molecule has 16 aliphatic heterocycles. The lowest BCUT2D eigenvalue weighted by Gasteiger charge is -2.34. The van der Waals surface area contributed by atoms with E-state index in [-0.39, 0.29) is 0 Å². The Kier molecular flexibility index (Phi) is 39.9. The summed E-state index contributed by atoms with van der Waals surface area (Å²) in [6.45, 7) is 29.5. The minimum atomic E-state index is 0.455. The van der Waals surface area contributed by atoms with E-state index in [1.54, 1.807) is 0 Å². The summed E-state index contributed by atoms with van der Waals surface area (Å²) in [5.41, 5.74) is 9.92. The highest BCUT2D eigenvalue weighted by Crippen LogP contribution is 2.21. The molecular weight excluding hydrogens is 1430 g/mol. The Bertz CT molecular complexity index is 3380. The molecule has 2 fully saturated rings. The highest BCUT2D eigenvalue weighted by molar-refractivity contribution is 5.51. The lowest BCUT2D eigenvalue weighted by atomic mass is 10.2. The molecule has 0 amide bonds. The molecule has 0 aliphatic carbocycles. The molecule has 2 atom stereocenters. The summed E-state index contributed by atoms with van der Waals surface area (Å²) in [5.74, 6) is 3.34. The maximum absolute atomic E-state index is 6.17. The molecule has 8 aromatic carbocycles. The summed E-state index contributed by atoms with van der Waals surface area (Å²) in [6, 6.07) is 76.9. The number of ether oxygens (including phenoxy) is 10. The zero-order chi connectivity index (χ0) is 78.0. The van der Waals surface area contributed by atoms with Crippen molar-refractivity contribution in [3.8, 4) is 23.0 Å². The average molecular weight is 1550 g/mol. The van der Waals surface area contributed by atoms with Gasteiger partial charge in [0.15, 0.2) is 0 Å². The lowest BCUT2D eigenvalue weighted by Crippen LogP contribution is -2.45. The number of nitrogens with zero attached hydrogens (tertiary/aromatic N) is 8. The van der Waals surface area contributed by atoms with Crippen molar-refractivity contribution in [1.82, 2.24) is 39.2 Å². The Morgan fingerprint density at radius 2 is 0.368 bits per heavy atom. The van der Waals surface area contributed by atoms with E-state index in [0.29, 0.717) is 106 Å². The molecule has 2 unspecified atom stereocenters. The van der Waals surface area contributed by atoms with Gasteiger partial charge in [0.05, 0.1) is 79.3 Å². The van der Waals surface area contributed by atoms with Crippen LogP contribution in [0.5, 0.6) is 23.0 Å². The van der Waals surface area contributed by atoms with Crippen LogP contribution in [0, 0.1) is 0 Å². The zero-order valence-corrected chi connectivity index (χ0v) is 67.3. The van der Waals surface area contributed by atoms with Gasteiger partial charge in [-0.2, -0.15) is 0 Å². The van der Waals surface area contributed by atoms with Crippen molar-refractivity contribution in [2.45, 2.75) is 26.2 Å². The monoisotopic (exact) mass is 1550 g/mol. The molecule has 608 valence electrons. The average Bonchev–Trinajstić information content (AvgIpc) is 0.885. The van der Waals surface area contributed by atoms with Crippen molar-refractivity contribution in [2.24, 2.45) is 0 Å². The Hall–Kier alpha value is -8.64. The fourth-order valence-corrected chi connectivity index (χ4v) is 13.9. The molecule has 8 aromatic rings. The van der Waals surface area contributed by atoms with E-state index in [0.717, 1.165) is 180 Å². The van der Waals surface area contributed by atoms with Gasteiger partial charge in [-0.15, -0.1) is 0 Å². The van der Waals surface area contributed by atoms with Gasteiger partial charge in [-0.3, -0.25) is 39.2 Å². The molecule has 16 heterocycles. The predicted molar refractivity (Wildman–Crippen MR) is 461 cm³/mol. The van der Waals surface area contributed by atoms with Crippen LogP contribution in [-0.2, 0) is 54.6 Å². The molecule has 16 aliphatic rings. The van der Waals surface area contributed by atoms with Crippen LogP contribution in [-0.4, -0.2) is 276 Å². The van der Waals surface area contributed by atoms with E-state index in [9.17, 15) is 0 Å². The van der Waals surface area contributed by atoms with Crippen molar-refractivity contribution in [3.63, 3.8) is 0 Å². The Morgan fingerprint density at radius 1 is 0.193 bits per heavy atom. The van der Waals surface area contributed by atoms with E-state index in [1.807, 2.05) is 0 Å². The molecule has 24 rings (SSSR count). The van der Waals surface area contributed by atoms with Gasteiger partial charge in [0, 0.05) is 157 Å². The van der Waals surface area contributed by atoms with E-state index in [4.69, 9.17) is 47.4 Å². The molecule has 18 heteroatoms. The largest absolute Gasteiger partial charge is 0.491 e. The predicted octanol–water partition coefficient (Wildman–Crippen LogP) is 13.7. The molecule has 0 N–H and O–H groups in total. The van der Waals surface area contributed by atoms with Gasteiger partial charge in [-0.1, -0.05) is 218 Å². The molecule has 114 heavy (non-hydrogen) atoms. The smallest absolute Gasteiger partial charge is 0.119 e. The van der Waals surface area contributed by atoms with Crippen molar-refractivity contribution in [2.75, 3.05) is 237 Å². The van der Waals surface area contributed by atoms with Crippen LogP contribution in [0.3, 0.4) is 0 Å². The fourth-order valence-electron chi connectivity index (χ4n) is 13.9. The first-order chi connectivity index (χ1) is 56.5. The third-order valence-corrected chi connectivity index (χ3v) is 20.5. The lowest BCUT2D eigenvalue weighted by molar-refractivity contribution is 0.00499. The van der Waals surface area contributed by atoms with Crippen molar-refractivity contribution < 1.29 is 47.4 Å². The van der Waals surface area contributed by atoms with Gasteiger partial charge < -0.3 is 47.4 Å². The minimum Gasteiger partial charge on any atom is -0.491 e. The summed E-state index contributed by atoms with van der Waals surface area (Å²) in [5, 5.41) is 0. The number of hydrogen-bond donors (Lipinski definition) is 0. The second-order valence-corrected chi connectivity index (χ2v) is 29.2. The first-order valence-electron chi connectivity index (χ1n) is 41.5. The van der Waals surface area contributed by atoms with Gasteiger partial charge in [0.2, 0.25) is 0 Å². The maximum Gasteiger partial charge on any atom is 0.119 e. The van der Waals surface area contributed by atoms with Crippen LogP contribution in [0.15, 0.2) is 243 Å². The first-order valence-corrected chi connectivity index (χ1v) is 41.5. The van der Waals surface area contributed by atoms with Crippen LogP contribution in [0.2, 0.25) is 0 Å². The van der Waals surface area contributed by atoms with E-state index in [1.165, 1.54) is 44.5 Å². The summed E-state index contributed by atoms with van der Waals surface area (Å²) in [7, 11) is 0. The maximum atomic E-state index is 6.17. The summed E-state index contributed by atoms with van der Waals surface area (Å²) in [6.07, 6.45) is 18.3. The molecule has 0 spiro atoms. The molecule has 12 bridgehead atoms. The van der Waals surface area contributed by atoms with Gasteiger partial charge in [0.25, 0.3) is 0 Å². The highest BCUT2D eigenvalue weighted by Gasteiger charge is 2.21. The SMILES string of the molecule is C(=C/c1ccccc1)/CN1CCN2CCN(C/C=C/c3ccccc3)CCN(CC1)Cc1ccc(cc1)OCCOCCOCCOCCOc1ccc(cc1)CN1CCN(C/C=C/c3ccccc3)CCN(CCN(C/C=C/c3ccccc3)CC1)Cc1ccc(cc1)OCCOCCOCCOCCOc1ccc(cc1)C2. The van der Waals surface area contributed by atoms with Crippen LogP contribution < -0.4 is 18.9 Å². The quantitative estimate of drug-likeness (QED) is 0.115. The standard InChI is InChI=1S/C96H124N8O10/c1-5-17-85(18-6-1)25-13-45-97-49-57-101-59-51-98(46-14-26-86-19-7-2-8-20-86)52-60-102(58-50-97)82-90-31-39-94(40-32-90)112-78-74-108-70-66-106-68-72-110-76-80-114-96-43-35-92(36-44-96)84-104-62-54-99(47-15-27-87-21-9-3-10-22-87)53-61-103(63-55-100(56-64-104)48-16-28-88-23-11-4-12-24-88)83-91-33-41-95(42-34-91)113-79-75-109-71-67-105-65-69-107-73-77-111-93-37-29-89(81-101)30-38-93/h1-44H,45-84H2/b25-13-,26-14+,27-15+,28-16+. The molecule has 0 radical (unpaired) electrons. The fraction of sp³-hybridized carbons (Fsp3) is 0.417. The van der Waals surface area contributed by atoms with E-state index < -0.39 is 0 Å². The Balaban J connectivity index is 0.694. The second-order valence-electron chi connectivity index (χ2n) is 29.2. The minimum absolute atomic E-state index is 0.455. The van der Waals surface area contributed by atoms with Crippen LogP contribution in [0.1, 0.15) is 44.5 Å². The summed E-state index contributed by atoms with van der Waals surface area (Å²) >= 11 is 0. The van der Waals surface area contributed by atoms with Crippen molar-refractivity contribution in [3.05, 3.63) is 287 Å². The zero-order valence-electron chi connectivity index (χ0n) is 67.3. The first kappa shape index (κ1) is 86.2. The second kappa shape index (κ2) is 52.8. The third-order valence-electron chi connectivity index (χ3n) is 20.5. The summed E-state index contributed by atoms with van der Waals surface area (Å²) < 4.78 is 60.0. The third kappa shape index (κ3) is 35.2.